The van der Waals surface area contributed by atoms with Crippen LogP contribution in [0.1, 0.15) is 31.1 Å². The normalized spacial score (nSPS) is 12.7. The molecular formula is C18H22N2O2. The number of carbonyl (C=O) groups is 1. The highest BCUT2D eigenvalue weighted by Crippen LogP contribution is 2.25. The highest BCUT2D eigenvalue weighted by Gasteiger charge is 2.30. The molecule has 0 radical (unpaired) electrons. The maximum atomic E-state index is 12.2. The fourth-order valence-corrected chi connectivity index (χ4v) is 2.34. The maximum absolute atomic E-state index is 12.2. The van der Waals surface area contributed by atoms with Gasteiger partial charge in [-0.25, -0.2) is 0 Å². The minimum absolute atomic E-state index is 0.134. The Morgan fingerprint density at radius 2 is 1.73 bits per heavy atom. The molecule has 0 aliphatic heterocycles. The van der Waals surface area contributed by atoms with E-state index in [-0.39, 0.29) is 12.3 Å². The molecular weight excluding hydrogens is 276 g/mol. The zero-order chi connectivity index (χ0) is 16.2. The Morgan fingerprint density at radius 1 is 1.14 bits per heavy atom. The van der Waals surface area contributed by atoms with Crippen LogP contribution in [-0.2, 0) is 11.2 Å². The van der Waals surface area contributed by atoms with Crippen LogP contribution >= 0.6 is 0 Å². The Hall–Kier alpha value is -2.33. The van der Waals surface area contributed by atoms with Crippen molar-refractivity contribution < 1.29 is 9.90 Å². The lowest BCUT2D eigenvalue weighted by Crippen LogP contribution is -2.48. The van der Waals surface area contributed by atoms with Crippen molar-refractivity contribution in [1.82, 2.24) is 5.32 Å². The predicted molar refractivity (Wildman–Crippen MR) is 88.2 cm³/mol. The summed E-state index contributed by atoms with van der Waals surface area (Å²) >= 11 is 0. The molecule has 1 atom stereocenters. The van der Waals surface area contributed by atoms with E-state index in [1.807, 2.05) is 56.3 Å². The van der Waals surface area contributed by atoms with Crippen molar-refractivity contribution >= 4 is 11.6 Å². The zero-order valence-electron chi connectivity index (χ0n) is 12.9. The maximum Gasteiger partial charge on any atom is 0.224 e. The van der Waals surface area contributed by atoms with E-state index in [1.165, 1.54) is 0 Å². The van der Waals surface area contributed by atoms with Gasteiger partial charge in [0.05, 0.1) is 12.0 Å². The van der Waals surface area contributed by atoms with Crippen molar-refractivity contribution in [1.29, 1.82) is 0 Å². The van der Waals surface area contributed by atoms with Gasteiger partial charge in [-0.15, -0.1) is 0 Å². The average molecular weight is 298 g/mol. The second-order valence-electron chi connectivity index (χ2n) is 6.00. The van der Waals surface area contributed by atoms with Crippen LogP contribution in [-0.4, -0.2) is 16.6 Å². The molecule has 4 nitrogen and oxygen atoms in total. The second-order valence-corrected chi connectivity index (χ2v) is 6.00. The molecule has 2 aromatic carbocycles. The highest BCUT2D eigenvalue weighted by atomic mass is 16.3. The summed E-state index contributed by atoms with van der Waals surface area (Å²) in [6, 6.07) is 16.5. The summed E-state index contributed by atoms with van der Waals surface area (Å²) in [5.74, 6) is -0.134. The molecule has 0 aliphatic carbocycles. The van der Waals surface area contributed by atoms with Gasteiger partial charge in [0.25, 0.3) is 0 Å². The number of anilines is 1. The Labute approximate surface area is 131 Å². The summed E-state index contributed by atoms with van der Waals surface area (Å²) in [7, 11) is 0. The van der Waals surface area contributed by atoms with Gasteiger partial charge < -0.3 is 16.2 Å². The standard InChI is InChI=1S/C18H22N2O2/c1-18(2,17(22)14-6-4-3-5-7-14)20-16(21)12-13-8-10-15(19)11-9-13/h3-11,17,22H,12,19H2,1-2H3,(H,20,21). The number of carbonyl (C=O) groups excluding carboxylic acids is 1. The fourth-order valence-electron chi connectivity index (χ4n) is 2.34. The van der Waals surface area contributed by atoms with Gasteiger partial charge in [-0.3, -0.25) is 4.79 Å². The number of rotatable bonds is 5. The molecule has 116 valence electrons. The first kappa shape index (κ1) is 16.0. The molecule has 4 N–H and O–H groups in total. The lowest BCUT2D eigenvalue weighted by Gasteiger charge is -2.32. The summed E-state index contributed by atoms with van der Waals surface area (Å²) in [6.07, 6.45) is -0.519. The third kappa shape index (κ3) is 4.09. The van der Waals surface area contributed by atoms with Crippen LogP contribution in [0.2, 0.25) is 0 Å². The first-order chi connectivity index (χ1) is 10.4. The minimum atomic E-state index is -0.774. The third-order valence-electron chi connectivity index (χ3n) is 3.60. The van der Waals surface area contributed by atoms with Gasteiger partial charge >= 0.3 is 0 Å². The zero-order valence-corrected chi connectivity index (χ0v) is 12.9. The molecule has 0 aromatic heterocycles. The summed E-state index contributed by atoms with van der Waals surface area (Å²) in [6.45, 7) is 3.62. The molecule has 1 amide bonds. The number of amides is 1. The van der Waals surface area contributed by atoms with Crippen molar-refractivity contribution in [2.24, 2.45) is 0 Å². The largest absolute Gasteiger partial charge is 0.399 e. The quantitative estimate of drug-likeness (QED) is 0.742. The van der Waals surface area contributed by atoms with Crippen molar-refractivity contribution in [2.75, 3.05) is 5.73 Å². The lowest BCUT2D eigenvalue weighted by atomic mass is 9.91. The molecule has 0 spiro atoms. The molecule has 0 bridgehead atoms. The predicted octanol–water partition coefficient (Wildman–Crippen LogP) is 2.44. The van der Waals surface area contributed by atoms with E-state index in [0.29, 0.717) is 5.69 Å². The van der Waals surface area contributed by atoms with Crippen LogP contribution in [0, 0.1) is 0 Å². The highest BCUT2D eigenvalue weighted by molar-refractivity contribution is 5.79. The molecule has 0 heterocycles. The molecule has 2 aromatic rings. The lowest BCUT2D eigenvalue weighted by molar-refractivity contribution is -0.123. The Kier molecular flexibility index (Phi) is 4.83. The second kappa shape index (κ2) is 6.62. The van der Waals surface area contributed by atoms with Crippen LogP contribution in [0.25, 0.3) is 0 Å². The Bertz CT molecular complexity index is 621. The molecule has 0 fully saturated rings. The van der Waals surface area contributed by atoms with Gasteiger partial charge in [0.15, 0.2) is 0 Å². The molecule has 4 heteroatoms. The molecule has 0 saturated heterocycles. The van der Waals surface area contributed by atoms with Gasteiger partial charge in [-0.1, -0.05) is 42.5 Å². The van der Waals surface area contributed by atoms with Gasteiger partial charge in [0.2, 0.25) is 5.91 Å². The Morgan fingerprint density at radius 3 is 2.32 bits per heavy atom. The van der Waals surface area contributed by atoms with Crippen LogP contribution in [0.4, 0.5) is 5.69 Å². The number of nitrogens with one attached hydrogen (secondary N) is 1. The van der Waals surface area contributed by atoms with Crippen molar-refractivity contribution in [3.05, 3.63) is 65.7 Å². The number of hydrogen-bond donors (Lipinski definition) is 3. The number of nitrogens with two attached hydrogens (primary N) is 1. The van der Waals surface area contributed by atoms with E-state index in [1.54, 1.807) is 12.1 Å². The number of aliphatic hydroxyl groups excluding tert-OH is 1. The smallest absolute Gasteiger partial charge is 0.224 e. The van der Waals surface area contributed by atoms with Crippen LogP contribution in [0.3, 0.4) is 0 Å². The number of aliphatic hydroxyl groups is 1. The third-order valence-corrected chi connectivity index (χ3v) is 3.60. The number of nitrogen functional groups attached to an aromatic ring is 1. The fraction of sp³-hybridized carbons (Fsp3) is 0.278. The minimum Gasteiger partial charge on any atom is -0.399 e. The van der Waals surface area contributed by atoms with Crippen molar-refractivity contribution in [3.8, 4) is 0 Å². The summed E-state index contributed by atoms with van der Waals surface area (Å²) < 4.78 is 0. The van der Waals surface area contributed by atoms with E-state index >= 15 is 0 Å². The summed E-state index contributed by atoms with van der Waals surface area (Å²) in [5.41, 5.74) is 7.21. The van der Waals surface area contributed by atoms with Gasteiger partial charge in [0.1, 0.15) is 6.10 Å². The van der Waals surface area contributed by atoms with E-state index in [2.05, 4.69) is 5.32 Å². The van der Waals surface area contributed by atoms with E-state index in [9.17, 15) is 9.90 Å². The summed E-state index contributed by atoms with van der Waals surface area (Å²) in [5, 5.41) is 13.4. The van der Waals surface area contributed by atoms with Crippen molar-refractivity contribution in [3.63, 3.8) is 0 Å². The van der Waals surface area contributed by atoms with Crippen molar-refractivity contribution in [2.45, 2.75) is 31.9 Å². The van der Waals surface area contributed by atoms with Gasteiger partial charge in [0, 0.05) is 5.69 Å². The summed E-state index contributed by atoms with van der Waals surface area (Å²) in [4.78, 5) is 12.2. The van der Waals surface area contributed by atoms with E-state index in [4.69, 9.17) is 5.73 Å². The first-order valence-corrected chi connectivity index (χ1v) is 7.27. The molecule has 1 unspecified atom stereocenters. The van der Waals surface area contributed by atoms with Crippen LogP contribution in [0.5, 0.6) is 0 Å². The monoisotopic (exact) mass is 298 g/mol. The topological polar surface area (TPSA) is 75.4 Å². The van der Waals surface area contributed by atoms with Crippen LogP contribution < -0.4 is 11.1 Å². The SMILES string of the molecule is CC(C)(NC(=O)Cc1ccc(N)cc1)C(O)c1ccccc1. The Balaban J connectivity index is 2.01. The van der Waals surface area contributed by atoms with Gasteiger partial charge in [-0.05, 0) is 37.1 Å². The molecule has 0 aliphatic rings. The molecule has 2 rings (SSSR count). The van der Waals surface area contributed by atoms with E-state index in [0.717, 1.165) is 11.1 Å². The molecule has 22 heavy (non-hydrogen) atoms. The number of hydrogen-bond acceptors (Lipinski definition) is 3. The first-order valence-electron chi connectivity index (χ1n) is 7.27. The van der Waals surface area contributed by atoms with Crippen LogP contribution in [0.15, 0.2) is 54.6 Å². The molecule has 0 saturated carbocycles. The van der Waals surface area contributed by atoms with Gasteiger partial charge in [-0.2, -0.15) is 0 Å². The number of benzene rings is 2. The average Bonchev–Trinajstić information content (AvgIpc) is 2.49. The van der Waals surface area contributed by atoms with E-state index < -0.39 is 11.6 Å².